The van der Waals surface area contributed by atoms with E-state index >= 15 is 0 Å². The van der Waals surface area contributed by atoms with Crippen molar-refractivity contribution >= 4 is 17.7 Å². The van der Waals surface area contributed by atoms with Gasteiger partial charge >= 0.3 is 0 Å². The van der Waals surface area contributed by atoms with Crippen LogP contribution in [0.4, 0.5) is 0 Å². The molecule has 32 heavy (non-hydrogen) atoms. The van der Waals surface area contributed by atoms with Crippen molar-refractivity contribution in [2.24, 2.45) is 0 Å². The summed E-state index contributed by atoms with van der Waals surface area (Å²) in [4.78, 5) is 43.9. The maximum atomic E-state index is 13.1. The van der Waals surface area contributed by atoms with Crippen LogP contribution in [-0.4, -0.2) is 58.6 Å². The summed E-state index contributed by atoms with van der Waals surface area (Å²) in [5, 5.41) is 0. The zero-order valence-corrected chi connectivity index (χ0v) is 17.6. The van der Waals surface area contributed by atoms with Crippen molar-refractivity contribution in [3.63, 3.8) is 0 Å². The molecule has 2 aromatic carbocycles. The molecule has 1 aromatic heterocycles. The molecule has 162 valence electrons. The molecule has 7 nitrogen and oxygen atoms in total. The predicted octanol–water partition coefficient (Wildman–Crippen LogP) is 3.03. The Balaban J connectivity index is 1.25. The number of hydrogen-bond acceptors (Lipinski definition) is 5. The fourth-order valence-corrected chi connectivity index (χ4v) is 4.26. The smallest absolute Gasteiger partial charge is 0.261 e. The van der Waals surface area contributed by atoms with Gasteiger partial charge in [0.1, 0.15) is 5.76 Å². The van der Waals surface area contributed by atoms with Crippen LogP contribution >= 0.6 is 0 Å². The molecule has 1 fully saturated rings. The van der Waals surface area contributed by atoms with Crippen LogP contribution < -0.4 is 0 Å². The topological polar surface area (TPSA) is 74.1 Å². The largest absolute Gasteiger partial charge is 0.467 e. The second-order valence-electron chi connectivity index (χ2n) is 8.09. The number of carbonyl (C=O) groups excluding carboxylic acids is 3. The first-order valence-corrected chi connectivity index (χ1v) is 10.7. The van der Waals surface area contributed by atoms with Crippen molar-refractivity contribution in [1.29, 1.82) is 0 Å². The van der Waals surface area contributed by atoms with Gasteiger partial charge in [-0.2, -0.15) is 0 Å². The zero-order chi connectivity index (χ0) is 22.1. The van der Waals surface area contributed by atoms with Crippen molar-refractivity contribution < 1.29 is 18.8 Å². The van der Waals surface area contributed by atoms with Crippen molar-refractivity contribution in [3.05, 3.63) is 94.9 Å². The molecule has 0 bridgehead atoms. The van der Waals surface area contributed by atoms with E-state index in [4.69, 9.17) is 4.42 Å². The van der Waals surface area contributed by atoms with Gasteiger partial charge in [0, 0.05) is 38.3 Å². The number of furan rings is 1. The molecule has 0 N–H and O–H groups in total. The quantitative estimate of drug-likeness (QED) is 0.583. The third-order valence-corrected chi connectivity index (χ3v) is 6.02. The van der Waals surface area contributed by atoms with Crippen LogP contribution in [0.15, 0.2) is 71.3 Å². The van der Waals surface area contributed by atoms with Gasteiger partial charge in [-0.05, 0) is 35.9 Å². The minimum absolute atomic E-state index is 0.0754. The molecule has 0 atom stereocenters. The Hall–Kier alpha value is -3.71. The van der Waals surface area contributed by atoms with E-state index in [1.54, 1.807) is 30.3 Å². The third-order valence-electron chi connectivity index (χ3n) is 6.02. The molecule has 0 spiro atoms. The highest BCUT2D eigenvalue weighted by molar-refractivity contribution is 6.22. The molecule has 5 rings (SSSR count). The third kappa shape index (κ3) is 3.83. The first-order chi connectivity index (χ1) is 15.6. The van der Waals surface area contributed by atoms with Gasteiger partial charge in [0.2, 0.25) is 0 Å². The predicted molar refractivity (Wildman–Crippen MR) is 117 cm³/mol. The van der Waals surface area contributed by atoms with E-state index in [9.17, 15) is 14.4 Å². The minimum Gasteiger partial charge on any atom is -0.467 e. The number of rotatable bonds is 5. The Morgan fingerprint density at radius 1 is 0.812 bits per heavy atom. The number of amides is 3. The van der Waals surface area contributed by atoms with Gasteiger partial charge < -0.3 is 9.32 Å². The van der Waals surface area contributed by atoms with E-state index in [1.165, 1.54) is 11.8 Å². The number of nitrogens with zero attached hydrogens (tertiary/aromatic N) is 3. The molecule has 3 amide bonds. The van der Waals surface area contributed by atoms with Crippen LogP contribution in [0.3, 0.4) is 0 Å². The fourth-order valence-electron chi connectivity index (χ4n) is 4.26. The number of fused-ring (bicyclic) bond motifs is 1. The molecule has 0 unspecified atom stereocenters. The number of hydrogen-bond donors (Lipinski definition) is 0. The van der Waals surface area contributed by atoms with Crippen molar-refractivity contribution in [1.82, 2.24) is 14.7 Å². The van der Waals surface area contributed by atoms with Crippen LogP contribution in [0.5, 0.6) is 0 Å². The SMILES string of the molecule is O=C(c1ccc2c(c1)C(=O)N(Cc1ccco1)C2=O)N1CCN(Cc2ccccc2)CC1. The molecule has 0 radical (unpaired) electrons. The summed E-state index contributed by atoms with van der Waals surface area (Å²) in [6.07, 6.45) is 1.50. The summed E-state index contributed by atoms with van der Waals surface area (Å²) in [7, 11) is 0. The monoisotopic (exact) mass is 429 g/mol. The van der Waals surface area contributed by atoms with Gasteiger partial charge in [0.25, 0.3) is 17.7 Å². The van der Waals surface area contributed by atoms with Crippen LogP contribution in [0.1, 0.15) is 42.4 Å². The summed E-state index contributed by atoms with van der Waals surface area (Å²) in [6.45, 7) is 3.77. The van der Waals surface area contributed by atoms with Crippen LogP contribution in [0, 0.1) is 0 Å². The van der Waals surface area contributed by atoms with Crippen molar-refractivity contribution in [2.45, 2.75) is 13.1 Å². The number of imide groups is 1. The highest BCUT2D eigenvalue weighted by Crippen LogP contribution is 2.26. The molecule has 0 aliphatic carbocycles. The van der Waals surface area contributed by atoms with Gasteiger partial charge in [-0.3, -0.25) is 24.2 Å². The number of carbonyl (C=O) groups is 3. The van der Waals surface area contributed by atoms with Crippen LogP contribution in [0.2, 0.25) is 0 Å². The Morgan fingerprint density at radius 3 is 2.28 bits per heavy atom. The van der Waals surface area contributed by atoms with Gasteiger partial charge in [-0.15, -0.1) is 0 Å². The number of piperazine rings is 1. The Labute approximate surface area is 185 Å². The second-order valence-corrected chi connectivity index (χ2v) is 8.09. The minimum atomic E-state index is -0.399. The van der Waals surface area contributed by atoms with E-state index < -0.39 is 5.91 Å². The normalized spacial score (nSPS) is 16.5. The molecule has 2 aliphatic heterocycles. The van der Waals surface area contributed by atoms with Gasteiger partial charge in [-0.25, -0.2) is 0 Å². The first-order valence-electron chi connectivity index (χ1n) is 10.7. The fraction of sp³-hybridized carbons (Fsp3) is 0.240. The lowest BCUT2D eigenvalue weighted by Gasteiger charge is -2.34. The average Bonchev–Trinajstić information content (AvgIpc) is 3.43. The lowest BCUT2D eigenvalue weighted by molar-refractivity contribution is 0.0623. The highest BCUT2D eigenvalue weighted by atomic mass is 16.3. The second kappa shape index (κ2) is 8.43. The van der Waals surface area contributed by atoms with Gasteiger partial charge in [-0.1, -0.05) is 30.3 Å². The summed E-state index contributed by atoms with van der Waals surface area (Å²) in [6, 6.07) is 18.5. The first kappa shape index (κ1) is 20.2. The molecular formula is C25H23N3O4. The summed E-state index contributed by atoms with van der Waals surface area (Å²) >= 11 is 0. The standard InChI is InChI=1S/C25H23N3O4/c29-23(27-12-10-26(11-13-27)16-18-5-2-1-3-6-18)19-8-9-21-22(15-19)25(31)28(24(21)30)17-20-7-4-14-32-20/h1-9,14-15H,10-13,16-17H2. The molecule has 1 saturated heterocycles. The van der Waals surface area contributed by atoms with E-state index in [1.807, 2.05) is 23.1 Å². The van der Waals surface area contributed by atoms with Gasteiger partial charge in [0.05, 0.1) is 23.9 Å². The van der Waals surface area contributed by atoms with Crippen LogP contribution in [-0.2, 0) is 13.1 Å². The summed E-state index contributed by atoms with van der Waals surface area (Å²) in [5.41, 5.74) is 2.29. The zero-order valence-electron chi connectivity index (χ0n) is 17.6. The Bertz CT molecular complexity index is 1150. The van der Waals surface area contributed by atoms with Gasteiger partial charge in [0.15, 0.2) is 0 Å². The maximum Gasteiger partial charge on any atom is 0.261 e. The van der Waals surface area contributed by atoms with Crippen LogP contribution in [0.25, 0.3) is 0 Å². The number of benzene rings is 2. The van der Waals surface area contributed by atoms with E-state index in [0.29, 0.717) is 30.0 Å². The maximum absolute atomic E-state index is 13.1. The lowest BCUT2D eigenvalue weighted by atomic mass is 10.0. The molecule has 2 aliphatic rings. The highest BCUT2D eigenvalue weighted by Gasteiger charge is 2.37. The lowest BCUT2D eigenvalue weighted by Crippen LogP contribution is -2.48. The molecular weight excluding hydrogens is 406 g/mol. The molecule has 3 aromatic rings. The van der Waals surface area contributed by atoms with E-state index in [2.05, 4.69) is 17.0 Å². The summed E-state index contributed by atoms with van der Waals surface area (Å²) < 4.78 is 5.27. The van der Waals surface area contributed by atoms with E-state index in [0.717, 1.165) is 24.5 Å². The average molecular weight is 429 g/mol. The summed E-state index contributed by atoms with van der Waals surface area (Å²) in [5.74, 6) is -0.347. The Kier molecular flexibility index (Phi) is 5.33. The van der Waals surface area contributed by atoms with E-state index in [-0.39, 0.29) is 23.9 Å². The Morgan fingerprint density at radius 2 is 1.56 bits per heavy atom. The molecule has 7 heteroatoms. The van der Waals surface area contributed by atoms with Crippen molar-refractivity contribution in [3.8, 4) is 0 Å². The molecule has 0 saturated carbocycles. The van der Waals surface area contributed by atoms with Crippen molar-refractivity contribution in [2.75, 3.05) is 26.2 Å². The molecule has 3 heterocycles.